The number of halogens is 3. The number of carbonyl (C=O) groups is 1. The first-order chi connectivity index (χ1) is 15.1. The third-order valence-corrected chi connectivity index (χ3v) is 3.90. The summed E-state index contributed by atoms with van der Waals surface area (Å²) in [4.78, 5) is 12.5. The van der Waals surface area contributed by atoms with Crippen molar-refractivity contribution in [1.82, 2.24) is 0 Å². The summed E-state index contributed by atoms with van der Waals surface area (Å²) in [5, 5.41) is 20.0. The van der Waals surface area contributed by atoms with E-state index in [1.807, 2.05) is 33.8 Å². The van der Waals surface area contributed by atoms with E-state index in [4.69, 9.17) is 15.3 Å². The van der Waals surface area contributed by atoms with Crippen molar-refractivity contribution in [3.63, 3.8) is 0 Å². The Labute approximate surface area is 187 Å². The van der Waals surface area contributed by atoms with Gasteiger partial charge in [-0.15, -0.1) is 0 Å². The number of carbonyl (C=O) groups excluding carboxylic acids is 1. The van der Waals surface area contributed by atoms with E-state index in [1.54, 1.807) is 38.1 Å². The van der Waals surface area contributed by atoms with E-state index in [9.17, 15) is 18.0 Å². The van der Waals surface area contributed by atoms with Gasteiger partial charge in [-0.2, -0.15) is 23.7 Å². The van der Waals surface area contributed by atoms with Crippen molar-refractivity contribution in [2.45, 2.75) is 47.7 Å². The highest BCUT2D eigenvalue weighted by Crippen LogP contribution is 2.34. The topological polar surface area (TPSA) is 85.9 Å². The third kappa shape index (κ3) is 8.31. The molecule has 2 rings (SSSR count). The van der Waals surface area contributed by atoms with Crippen molar-refractivity contribution in [3.8, 4) is 17.9 Å². The first kappa shape index (κ1) is 28.5. The lowest BCUT2D eigenvalue weighted by Gasteiger charge is -2.24. The van der Waals surface area contributed by atoms with Crippen LogP contribution < -0.4 is 10.1 Å². The first-order valence-electron chi connectivity index (χ1n) is 10.1. The van der Waals surface area contributed by atoms with Gasteiger partial charge in [-0.3, -0.25) is 4.79 Å². The van der Waals surface area contributed by atoms with Gasteiger partial charge in [0.05, 0.1) is 34.2 Å². The van der Waals surface area contributed by atoms with Crippen LogP contribution in [0.4, 0.5) is 18.9 Å². The standard InChI is InChI=1S/C20H16F3N3O2.2C2H6/c1-19(2,12-28-16-7-3-13(10-24)4-8-16)18(27)26-15-6-5-14(11-25)17(9-15)20(21,22)23;2*1-2/h3-9H,12H2,1-2H3,(H,26,27);2*1-2H3. The van der Waals surface area contributed by atoms with Crippen molar-refractivity contribution >= 4 is 11.6 Å². The van der Waals surface area contributed by atoms with Crippen molar-refractivity contribution < 1.29 is 22.7 Å². The normalized spacial score (nSPS) is 10.2. The van der Waals surface area contributed by atoms with Gasteiger partial charge in [-0.05, 0) is 56.3 Å². The molecule has 172 valence electrons. The lowest BCUT2D eigenvalue weighted by atomic mass is 9.93. The maximum Gasteiger partial charge on any atom is 0.417 e. The fourth-order valence-electron chi connectivity index (χ4n) is 2.21. The maximum atomic E-state index is 13.0. The number of nitrogens with one attached hydrogen (secondary N) is 1. The molecule has 0 fully saturated rings. The average Bonchev–Trinajstić information content (AvgIpc) is 2.80. The Balaban J connectivity index is 0.00000227. The quantitative estimate of drug-likeness (QED) is 0.563. The van der Waals surface area contributed by atoms with Crippen molar-refractivity contribution in [1.29, 1.82) is 10.5 Å². The largest absolute Gasteiger partial charge is 0.492 e. The Morgan fingerprint density at radius 3 is 2.00 bits per heavy atom. The van der Waals surface area contributed by atoms with Gasteiger partial charge in [0.1, 0.15) is 12.4 Å². The summed E-state index contributed by atoms with van der Waals surface area (Å²) in [5.74, 6) is -0.0865. The molecule has 0 saturated heterocycles. The van der Waals surface area contributed by atoms with Crippen LogP contribution in [-0.4, -0.2) is 12.5 Å². The number of hydrogen-bond donors (Lipinski definition) is 1. The summed E-state index contributed by atoms with van der Waals surface area (Å²) in [6.45, 7) is 11.1. The third-order valence-electron chi connectivity index (χ3n) is 3.90. The van der Waals surface area contributed by atoms with E-state index in [1.165, 1.54) is 12.1 Å². The zero-order valence-electron chi connectivity index (χ0n) is 19.1. The molecule has 0 aliphatic heterocycles. The highest BCUT2D eigenvalue weighted by atomic mass is 19.4. The molecule has 0 bridgehead atoms. The van der Waals surface area contributed by atoms with E-state index in [0.29, 0.717) is 11.3 Å². The van der Waals surface area contributed by atoms with Gasteiger partial charge in [0, 0.05) is 5.69 Å². The van der Waals surface area contributed by atoms with Crippen LogP contribution in [0.5, 0.6) is 5.75 Å². The first-order valence-corrected chi connectivity index (χ1v) is 10.1. The summed E-state index contributed by atoms with van der Waals surface area (Å²) >= 11 is 0. The van der Waals surface area contributed by atoms with E-state index >= 15 is 0 Å². The lowest BCUT2D eigenvalue weighted by Crippen LogP contribution is -2.36. The lowest BCUT2D eigenvalue weighted by molar-refractivity contribution is -0.137. The molecule has 0 heterocycles. The van der Waals surface area contributed by atoms with Gasteiger partial charge in [-0.25, -0.2) is 0 Å². The molecule has 2 aromatic rings. The minimum absolute atomic E-state index is 0.0346. The van der Waals surface area contributed by atoms with Gasteiger partial charge in [-0.1, -0.05) is 27.7 Å². The highest BCUT2D eigenvalue weighted by molar-refractivity contribution is 5.95. The predicted molar refractivity (Wildman–Crippen MR) is 118 cm³/mol. The van der Waals surface area contributed by atoms with Crippen molar-refractivity contribution in [3.05, 3.63) is 59.2 Å². The van der Waals surface area contributed by atoms with Crippen molar-refractivity contribution in [2.24, 2.45) is 5.41 Å². The van der Waals surface area contributed by atoms with E-state index in [2.05, 4.69) is 5.32 Å². The SMILES string of the molecule is CC.CC.CC(C)(COc1ccc(C#N)cc1)C(=O)Nc1ccc(C#N)c(C(F)(F)F)c1. The molecule has 5 nitrogen and oxygen atoms in total. The number of alkyl halides is 3. The molecule has 8 heteroatoms. The van der Waals surface area contributed by atoms with Crippen LogP contribution >= 0.6 is 0 Å². The van der Waals surface area contributed by atoms with Gasteiger partial charge in [0.15, 0.2) is 0 Å². The number of nitrogens with zero attached hydrogens (tertiary/aromatic N) is 2. The summed E-state index contributed by atoms with van der Waals surface area (Å²) in [5.41, 5.74) is -2.29. The monoisotopic (exact) mass is 447 g/mol. The van der Waals surface area contributed by atoms with Gasteiger partial charge < -0.3 is 10.1 Å². The predicted octanol–water partition coefficient (Wildman–Crippen LogP) is 6.54. The van der Waals surface area contributed by atoms with Gasteiger partial charge in [0.2, 0.25) is 5.91 Å². The Bertz CT molecular complexity index is 954. The van der Waals surface area contributed by atoms with Crippen molar-refractivity contribution in [2.75, 3.05) is 11.9 Å². The second-order valence-corrected chi connectivity index (χ2v) is 6.63. The zero-order valence-corrected chi connectivity index (χ0v) is 19.1. The van der Waals surface area contributed by atoms with E-state index in [-0.39, 0.29) is 12.3 Å². The minimum Gasteiger partial charge on any atom is -0.492 e. The van der Waals surface area contributed by atoms with E-state index < -0.39 is 28.6 Å². The number of nitriles is 2. The van der Waals surface area contributed by atoms with E-state index in [0.717, 1.165) is 12.1 Å². The molecule has 0 aliphatic carbocycles. The number of hydrogen-bond acceptors (Lipinski definition) is 4. The fourth-order valence-corrected chi connectivity index (χ4v) is 2.21. The molecule has 32 heavy (non-hydrogen) atoms. The molecule has 0 radical (unpaired) electrons. The Hall–Kier alpha value is -3.52. The second kappa shape index (κ2) is 13.0. The summed E-state index contributed by atoms with van der Waals surface area (Å²) in [7, 11) is 0. The van der Waals surface area contributed by atoms with Crippen LogP contribution in [0.15, 0.2) is 42.5 Å². The molecule has 2 aromatic carbocycles. The molecule has 1 N–H and O–H groups in total. The molecular weight excluding hydrogens is 419 g/mol. The fraction of sp³-hybridized carbons (Fsp3) is 0.375. The number of rotatable bonds is 5. The maximum absolute atomic E-state index is 13.0. The average molecular weight is 448 g/mol. The molecule has 0 atom stereocenters. The molecular formula is C24H28F3N3O2. The van der Waals surface area contributed by atoms with Gasteiger partial charge >= 0.3 is 6.18 Å². The van der Waals surface area contributed by atoms with Crippen LogP contribution in [0.3, 0.4) is 0 Å². The number of amides is 1. The number of ether oxygens (including phenoxy) is 1. The highest BCUT2D eigenvalue weighted by Gasteiger charge is 2.35. The molecule has 0 spiro atoms. The number of benzene rings is 2. The van der Waals surface area contributed by atoms with Crippen LogP contribution in [0, 0.1) is 28.1 Å². The molecule has 0 aromatic heterocycles. The summed E-state index contributed by atoms with van der Waals surface area (Å²) in [6, 6.07) is 12.8. The summed E-state index contributed by atoms with van der Waals surface area (Å²) < 4.78 is 44.7. The Kier molecular flexibility index (Phi) is 11.6. The second-order valence-electron chi connectivity index (χ2n) is 6.63. The van der Waals surface area contributed by atoms with Crippen LogP contribution in [0.2, 0.25) is 0 Å². The molecule has 0 unspecified atom stereocenters. The molecule has 1 amide bonds. The smallest absolute Gasteiger partial charge is 0.417 e. The van der Waals surface area contributed by atoms with Crippen LogP contribution in [-0.2, 0) is 11.0 Å². The van der Waals surface area contributed by atoms with Crippen LogP contribution in [0.1, 0.15) is 58.2 Å². The molecule has 0 saturated carbocycles. The van der Waals surface area contributed by atoms with Crippen LogP contribution in [0.25, 0.3) is 0 Å². The zero-order chi connectivity index (χ0) is 24.9. The number of anilines is 1. The summed E-state index contributed by atoms with van der Waals surface area (Å²) in [6.07, 6.45) is -4.71. The Morgan fingerprint density at radius 2 is 1.53 bits per heavy atom. The molecule has 0 aliphatic rings. The van der Waals surface area contributed by atoms with Gasteiger partial charge in [0.25, 0.3) is 0 Å². The Morgan fingerprint density at radius 1 is 0.969 bits per heavy atom. The minimum atomic E-state index is -4.71.